The SMILES string of the molecule is COc1nc(C(F)F)c(F)cc1Br. The summed E-state index contributed by atoms with van der Waals surface area (Å²) in [5.41, 5.74) is -0.903. The van der Waals surface area contributed by atoms with E-state index >= 15 is 0 Å². The van der Waals surface area contributed by atoms with Crippen molar-refractivity contribution in [1.82, 2.24) is 4.98 Å². The van der Waals surface area contributed by atoms with E-state index < -0.39 is 17.9 Å². The van der Waals surface area contributed by atoms with Crippen LogP contribution in [0.1, 0.15) is 12.1 Å². The number of alkyl halides is 2. The Morgan fingerprint density at radius 3 is 2.62 bits per heavy atom. The second kappa shape index (κ2) is 3.95. The van der Waals surface area contributed by atoms with Crippen molar-refractivity contribution in [3.8, 4) is 5.88 Å². The maximum atomic E-state index is 12.8. The molecule has 0 saturated heterocycles. The molecule has 0 N–H and O–H groups in total. The normalized spacial score (nSPS) is 10.6. The molecule has 13 heavy (non-hydrogen) atoms. The zero-order valence-electron chi connectivity index (χ0n) is 6.52. The molecule has 0 radical (unpaired) electrons. The van der Waals surface area contributed by atoms with Gasteiger partial charge in [0.25, 0.3) is 6.43 Å². The van der Waals surface area contributed by atoms with Crippen molar-refractivity contribution < 1.29 is 17.9 Å². The lowest BCUT2D eigenvalue weighted by atomic mass is 10.3. The summed E-state index contributed by atoms with van der Waals surface area (Å²) in [5.74, 6) is -1.11. The first-order valence-electron chi connectivity index (χ1n) is 3.24. The highest BCUT2D eigenvalue weighted by Crippen LogP contribution is 2.28. The van der Waals surface area contributed by atoms with Crippen molar-refractivity contribution in [1.29, 1.82) is 0 Å². The molecule has 1 rings (SSSR count). The van der Waals surface area contributed by atoms with E-state index in [-0.39, 0.29) is 10.4 Å². The summed E-state index contributed by atoms with van der Waals surface area (Å²) in [5, 5.41) is 0. The van der Waals surface area contributed by atoms with Crippen LogP contribution in [0, 0.1) is 5.82 Å². The molecular formula is C7H5BrF3NO. The van der Waals surface area contributed by atoms with Gasteiger partial charge in [-0.2, -0.15) is 0 Å². The van der Waals surface area contributed by atoms with E-state index in [0.29, 0.717) is 0 Å². The second-order valence-electron chi connectivity index (χ2n) is 2.15. The van der Waals surface area contributed by atoms with Gasteiger partial charge in [-0.15, -0.1) is 0 Å². The Bertz CT molecular complexity index is 319. The fourth-order valence-electron chi connectivity index (χ4n) is 0.759. The minimum Gasteiger partial charge on any atom is -0.480 e. The van der Waals surface area contributed by atoms with Gasteiger partial charge < -0.3 is 4.74 Å². The molecule has 0 saturated carbocycles. The lowest BCUT2D eigenvalue weighted by Gasteiger charge is -2.05. The van der Waals surface area contributed by atoms with Crippen LogP contribution < -0.4 is 4.74 Å². The zero-order chi connectivity index (χ0) is 10.0. The maximum absolute atomic E-state index is 12.8. The topological polar surface area (TPSA) is 22.1 Å². The summed E-state index contributed by atoms with van der Waals surface area (Å²) in [6.45, 7) is 0. The van der Waals surface area contributed by atoms with Crippen molar-refractivity contribution in [2.75, 3.05) is 7.11 Å². The van der Waals surface area contributed by atoms with E-state index in [1.807, 2.05) is 0 Å². The van der Waals surface area contributed by atoms with E-state index in [9.17, 15) is 13.2 Å². The lowest BCUT2D eigenvalue weighted by molar-refractivity contribution is 0.139. The number of hydrogen-bond donors (Lipinski definition) is 0. The first-order valence-corrected chi connectivity index (χ1v) is 4.03. The number of hydrogen-bond acceptors (Lipinski definition) is 2. The molecule has 2 nitrogen and oxygen atoms in total. The van der Waals surface area contributed by atoms with Crippen molar-refractivity contribution in [3.05, 3.63) is 22.1 Å². The number of nitrogens with zero attached hydrogens (tertiary/aromatic N) is 1. The summed E-state index contributed by atoms with van der Waals surface area (Å²) in [6.07, 6.45) is -2.94. The van der Waals surface area contributed by atoms with Crippen molar-refractivity contribution in [3.63, 3.8) is 0 Å². The number of pyridine rings is 1. The maximum Gasteiger partial charge on any atom is 0.283 e. The molecule has 1 aromatic heterocycles. The number of halogens is 4. The first kappa shape index (κ1) is 10.3. The van der Waals surface area contributed by atoms with Gasteiger partial charge in [0, 0.05) is 0 Å². The molecule has 0 spiro atoms. The van der Waals surface area contributed by atoms with Crippen LogP contribution in [0.4, 0.5) is 13.2 Å². The molecule has 6 heteroatoms. The Morgan fingerprint density at radius 1 is 1.54 bits per heavy atom. The van der Waals surface area contributed by atoms with Gasteiger partial charge >= 0.3 is 0 Å². The summed E-state index contributed by atoms with van der Waals surface area (Å²) < 4.78 is 41.8. The Labute approximate surface area is 80.9 Å². The molecule has 0 amide bonds. The summed E-state index contributed by atoms with van der Waals surface area (Å²) in [6, 6.07) is 0.896. The van der Waals surface area contributed by atoms with E-state index in [4.69, 9.17) is 0 Å². The predicted molar refractivity (Wildman–Crippen MR) is 43.4 cm³/mol. The molecular weight excluding hydrogens is 251 g/mol. The monoisotopic (exact) mass is 255 g/mol. The van der Waals surface area contributed by atoms with Gasteiger partial charge in [-0.1, -0.05) is 0 Å². The van der Waals surface area contributed by atoms with Gasteiger partial charge in [-0.05, 0) is 22.0 Å². The minimum absolute atomic E-state index is 0.0586. The van der Waals surface area contributed by atoms with E-state index in [2.05, 4.69) is 25.7 Å². The third-order valence-electron chi connectivity index (χ3n) is 1.32. The van der Waals surface area contributed by atoms with Crippen LogP contribution in [-0.2, 0) is 0 Å². The van der Waals surface area contributed by atoms with Gasteiger partial charge in [-0.3, -0.25) is 0 Å². The quantitative estimate of drug-likeness (QED) is 0.811. The molecule has 0 aliphatic carbocycles. The third-order valence-corrected chi connectivity index (χ3v) is 1.89. The summed E-state index contributed by atoms with van der Waals surface area (Å²) in [7, 11) is 1.26. The van der Waals surface area contributed by atoms with Crippen LogP contribution in [-0.4, -0.2) is 12.1 Å². The van der Waals surface area contributed by atoms with Gasteiger partial charge in [0.15, 0.2) is 5.82 Å². The molecule has 0 unspecified atom stereocenters. The molecule has 1 heterocycles. The van der Waals surface area contributed by atoms with Crippen molar-refractivity contribution >= 4 is 15.9 Å². The van der Waals surface area contributed by atoms with Crippen LogP contribution in [0.3, 0.4) is 0 Å². The van der Waals surface area contributed by atoms with Crippen molar-refractivity contribution in [2.45, 2.75) is 6.43 Å². The Kier molecular flexibility index (Phi) is 3.13. The third kappa shape index (κ3) is 2.12. The first-order chi connectivity index (χ1) is 6.06. The molecule has 0 aromatic carbocycles. The molecule has 0 aliphatic rings. The zero-order valence-corrected chi connectivity index (χ0v) is 8.11. The minimum atomic E-state index is -2.94. The van der Waals surface area contributed by atoms with E-state index in [0.717, 1.165) is 6.07 Å². The molecule has 1 aromatic rings. The molecule has 0 bridgehead atoms. The molecule has 72 valence electrons. The standard InChI is InChI=1S/C7H5BrF3NO/c1-13-7-3(8)2-4(9)5(12-7)6(10)11/h2,6H,1H3. The Hall–Kier alpha value is -0.780. The fourth-order valence-corrected chi connectivity index (χ4v) is 1.21. The predicted octanol–water partition coefficient (Wildman–Crippen LogP) is 2.93. The number of rotatable bonds is 2. The van der Waals surface area contributed by atoms with Crippen LogP contribution in [0.5, 0.6) is 5.88 Å². The summed E-state index contributed by atoms with van der Waals surface area (Å²) >= 11 is 2.92. The van der Waals surface area contributed by atoms with Crippen LogP contribution in [0.25, 0.3) is 0 Å². The Morgan fingerprint density at radius 2 is 2.15 bits per heavy atom. The van der Waals surface area contributed by atoms with Gasteiger partial charge in [-0.25, -0.2) is 18.2 Å². The highest BCUT2D eigenvalue weighted by Gasteiger charge is 2.18. The highest BCUT2D eigenvalue weighted by atomic mass is 79.9. The van der Waals surface area contributed by atoms with Gasteiger partial charge in [0.1, 0.15) is 5.69 Å². The smallest absolute Gasteiger partial charge is 0.283 e. The summed E-state index contributed by atoms with van der Waals surface area (Å²) in [4.78, 5) is 3.30. The van der Waals surface area contributed by atoms with Crippen LogP contribution >= 0.6 is 15.9 Å². The van der Waals surface area contributed by atoms with Gasteiger partial charge in [0.2, 0.25) is 5.88 Å². The van der Waals surface area contributed by atoms with Crippen molar-refractivity contribution in [2.24, 2.45) is 0 Å². The fraction of sp³-hybridized carbons (Fsp3) is 0.286. The van der Waals surface area contributed by atoms with E-state index in [1.165, 1.54) is 7.11 Å². The second-order valence-corrected chi connectivity index (χ2v) is 3.00. The Balaban J connectivity index is 3.22. The van der Waals surface area contributed by atoms with Gasteiger partial charge in [0.05, 0.1) is 11.6 Å². The van der Waals surface area contributed by atoms with Crippen LogP contribution in [0.15, 0.2) is 10.5 Å². The molecule has 0 atom stereocenters. The van der Waals surface area contributed by atoms with Crippen LogP contribution in [0.2, 0.25) is 0 Å². The van der Waals surface area contributed by atoms with E-state index in [1.54, 1.807) is 0 Å². The largest absolute Gasteiger partial charge is 0.480 e. The number of ether oxygens (including phenoxy) is 1. The average Bonchev–Trinajstić information content (AvgIpc) is 2.03. The lowest BCUT2D eigenvalue weighted by Crippen LogP contribution is -1.99. The molecule has 0 fully saturated rings. The molecule has 0 aliphatic heterocycles. The number of aromatic nitrogens is 1. The highest BCUT2D eigenvalue weighted by molar-refractivity contribution is 9.10. The average molecular weight is 256 g/mol. The number of methoxy groups -OCH3 is 1.